The van der Waals surface area contributed by atoms with Crippen molar-refractivity contribution in [3.05, 3.63) is 29.3 Å². The number of hydrogen-bond acceptors (Lipinski definition) is 2. The van der Waals surface area contributed by atoms with Crippen LogP contribution in [0.1, 0.15) is 29.3 Å². The lowest BCUT2D eigenvalue weighted by Gasteiger charge is -2.04. The third kappa shape index (κ3) is 2.58. The number of carbonyl (C=O) groups is 1. The van der Waals surface area contributed by atoms with Gasteiger partial charge in [0.1, 0.15) is 5.75 Å². The minimum atomic E-state index is 0.0554. The summed E-state index contributed by atoms with van der Waals surface area (Å²) in [6.07, 6.45) is 1.24. The van der Waals surface area contributed by atoms with Gasteiger partial charge in [0.15, 0.2) is 5.78 Å². The fourth-order valence-corrected chi connectivity index (χ4v) is 1.63. The molecule has 0 radical (unpaired) electrons. The molecule has 0 saturated carbocycles. The molecule has 1 rings (SSSR count). The molecular formula is C11H13BrO2. The summed E-state index contributed by atoms with van der Waals surface area (Å²) in [5, 5.41) is 10.2. The Bertz CT molecular complexity index is 334. The van der Waals surface area contributed by atoms with Crippen LogP contribution in [0.25, 0.3) is 0 Å². The number of phenolic OH excluding ortho intramolecular Hbond substituents is 1. The molecule has 0 amide bonds. The maximum Gasteiger partial charge on any atom is 0.163 e. The van der Waals surface area contributed by atoms with Gasteiger partial charge in [0.25, 0.3) is 0 Å². The number of carbonyl (C=O) groups excluding carboxylic acids is 1. The molecule has 1 N–H and O–H groups in total. The molecule has 76 valence electrons. The predicted octanol–water partition coefficient (Wildman–Crippen LogP) is 2.92. The average Bonchev–Trinajstić information content (AvgIpc) is 2.18. The van der Waals surface area contributed by atoms with Crippen LogP contribution in [0.4, 0.5) is 0 Å². The van der Waals surface area contributed by atoms with Crippen molar-refractivity contribution in [2.45, 2.75) is 19.8 Å². The van der Waals surface area contributed by atoms with Gasteiger partial charge < -0.3 is 5.11 Å². The van der Waals surface area contributed by atoms with E-state index < -0.39 is 0 Å². The maximum atomic E-state index is 11.5. The van der Waals surface area contributed by atoms with Crippen LogP contribution in [0.2, 0.25) is 0 Å². The van der Waals surface area contributed by atoms with Crippen molar-refractivity contribution >= 4 is 21.7 Å². The van der Waals surface area contributed by atoms with Crippen LogP contribution in [-0.2, 0) is 6.42 Å². The van der Waals surface area contributed by atoms with E-state index in [1.807, 2.05) is 6.92 Å². The first-order valence-corrected chi connectivity index (χ1v) is 5.72. The Labute approximate surface area is 92.1 Å². The van der Waals surface area contributed by atoms with Crippen LogP contribution in [0.3, 0.4) is 0 Å². The first-order chi connectivity index (χ1) is 6.69. The van der Waals surface area contributed by atoms with Crippen LogP contribution in [-0.4, -0.2) is 16.2 Å². The van der Waals surface area contributed by atoms with Crippen LogP contribution in [0, 0.1) is 0 Å². The van der Waals surface area contributed by atoms with E-state index in [0.717, 1.165) is 12.0 Å². The van der Waals surface area contributed by atoms with Gasteiger partial charge in [0, 0.05) is 17.3 Å². The fourth-order valence-electron chi connectivity index (χ4n) is 1.27. The summed E-state index contributed by atoms with van der Waals surface area (Å²) in [6, 6.07) is 5.12. The molecule has 0 heterocycles. The molecule has 0 aliphatic carbocycles. The molecule has 0 fully saturated rings. The van der Waals surface area contributed by atoms with Crippen molar-refractivity contribution in [1.82, 2.24) is 0 Å². The molecule has 0 unspecified atom stereocenters. The number of benzene rings is 1. The second kappa shape index (κ2) is 5.15. The van der Waals surface area contributed by atoms with E-state index in [0.29, 0.717) is 17.3 Å². The predicted molar refractivity (Wildman–Crippen MR) is 60.2 cm³/mol. The lowest BCUT2D eigenvalue weighted by atomic mass is 10.0. The number of halogens is 1. The number of rotatable bonds is 4. The zero-order valence-electron chi connectivity index (χ0n) is 8.09. The largest absolute Gasteiger partial charge is 0.508 e. The number of phenols is 1. The normalized spacial score (nSPS) is 10.1. The highest BCUT2D eigenvalue weighted by Gasteiger charge is 2.07. The Balaban J connectivity index is 2.91. The first-order valence-electron chi connectivity index (χ1n) is 4.60. The Kier molecular flexibility index (Phi) is 4.14. The number of aromatic hydroxyl groups is 1. The van der Waals surface area contributed by atoms with E-state index in [2.05, 4.69) is 15.9 Å². The van der Waals surface area contributed by atoms with Gasteiger partial charge in [0.2, 0.25) is 0 Å². The highest BCUT2D eigenvalue weighted by Crippen LogP contribution is 2.20. The molecule has 2 nitrogen and oxygen atoms in total. The van der Waals surface area contributed by atoms with Crippen molar-refractivity contribution in [2.24, 2.45) is 0 Å². The van der Waals surface area contributed by atoms with E-state index in [9.17, 15) is 9.90 Å². The van der Waals surface area contributed by atoms with Crippen molar-refractivity contribution in [3.63, 3.8) is 0 Å². The number of ketones is 1. The highest BCUT2D eigenvalue weighted by atomic mass is 79.9. The minimum Gasteiger partial charge on any atom is -0.508 e. The van der Waals surface area contributed by atoms with Crippen LogP contribution in [0.15, 0.2) is 18.2 Å². The zero-order valence-corrected chi connectivity index (χ0v) is 9.67. The number of Topliss-reactive ketones (excluding diaryl/α,β-unsaturated/α-hetero) is 1. The van der Waals surface area contributed by atoms with Crippen molar-refractivity contribution < 1.29 is 9.90 Å². The summed E-state index contributed by atoms with van der Waals surface area (Å²) in [4.78, 5) is 11.5. The summed E-state index contributed by atoms with van der Waals surface area (Å²) in [7, 11) is 0. The molecule has 0 aliphatic rings. The van der Waals surface area contributed by atoms with Crippen molar-refractivity contribution in [1.29, 1.82) is 0 Å². The maximum absolute atomic E-state index is 11.5. The van der Waals surface area contributed by atoms with E-state index >= 15 is 0 Å². The van der Waals surface area contributed by atoms with E-state index in [1.165, 1.54) is 0 Å². The van der Waals surface area contributed by atoms with Gasteiger partial charge in [-0.3, -0.25) is 4.79 Å². The Hall–Kier alpha value is -0.830. The summed E-state index contributed by atoms with van der Waals surface area (Å²) in [5.74, 6) is 0.271. The van der Waals surface area contributed by atoms with Gasteiger partial charge in [0.05, 0.1) is 0 Å². The number of alkyl halides is 1. The lowest BCUT2D eigenvalue weighted by Crippen LogP contribution is -1.99. The van der Waals surface area contributed by atoms with Gasteiger partial charge in [-0.2, -0.15) is 0 Å². The minimum absolute atomic E-state index is 0.0554. The van der Waals surface area contributed by atoms with Gasteiger partial charge >= 0.3 is 0 Å². The summed E-state index contributed by atoms with van der Waals surface area (Å²) < 4.78 is 0. The van der Waals surface area contributed by atoms with E-state index in [4.69, 9.17) is 0 Å². The molecule has 0 bridgehead atoms. The van der Waals surface area contributed by atoms with Crippen molar-refractivity contribution in [2.75, 3.05) is 5.33 Å². The summed E-state index contributed by atoms with van der Waals surface area (Å²) in [6.45, 7) is 1.97. The Morgan fingerprint density at radius 2 is 2.21 bits per heavy atom. The van der Waals surface area contributed by atoms with E-state index in [-0.39, 0.29) is 11.5 Å². The highest BCUT2D eigenvalue weighted by molar-refractivity contribution is 9.09. The zero-order chi connectivity index (χ0) is 10.6. The van der Waals surface area contributed by atoms with E-state index in [1.54, 1.807) is 18.2 Å². The van der Waals surface area contributed by atoms with Crippen LogP contribution >= 0.6 is 15.9 Å². The molecule has 1 aromatic carbocycles. The molecule has 3 heteroatoms. The topological polar surface area (TPSA) is 37.3 Å². The third-order valence-electron chi connectivity index (χ3n) is 2.11. The smallest absolute Gasteiger partial charge is 0.163 e. The second-order valence-corrected chi connectivity index (χ2v) is 3.85. The second-order valence-electron chi connectivity index (χ2n) is 3.06. The van der Waals surface area contributed by atoms with Crippen molar-refractivity contribution in [3.8, 4) is 5.75 Å². The molecular weight excluding hydrogens is 244 g/mol. The molecule has 0 saturated heterocycles. The fraction of sp³-hybridized carbons (Fsp3) is 0.364. The first kappa shape index (κ1) is 11.2. The summed E-state index contributed by atoms with van der Waals surface area (Å²) >= 11 is 3.21. The van der Waals surface area contributed by atoms with Gasteiger partial charge in [-0.05, 0) is 18.1 Å². The average molecular weight is 257 g/mol. The molecule has 0 atom stereocenters. The third-order valence-corrected chi connectivity index (χ3v) is 2.51. The van der Waals surface area contributed by atoms with Crippen LogP contribution in [0.5, 0.6) is 5.75 Å². The standard InChI is InChI=1S/C11H13BrO2/c1-2-8-3-4-9(7-11(8)14)10(13)5-6-12/h3-4,7,14H,2,5-6H2,1H3. The molecule has 0 aliphatic heterocycles. The summed E-state index contributed by atoms with van der Waals surface area (Å²) in [5.41, 5.74) is 1.46. The lowest BCUT2D eigenvalue weighted by molar-refractivity contribution is 0.0989. The molecule has 0 spiro atoms. The van der Waals surface area contributed by atoms with Gasteiger partial charge in [-0.15, -0.1) is 0 Å². The molecule has 1 aromatic rings. The quantitative estimate of drug-likeness (QED) is 0.665. The number of hydrogen-bond donors (Lipinski definition) is 1. The van der Waals surface area contributed by atoms with Crippen LogP contribution < -0.4 is 0 Å². The monoisotopic (exact) mass is 256 g/mol. The van der Waals surface area contributed by atoms with Gasteiger partial charge in [-0.25, -0.2) is 0 Å². The molecule has 14 heavy (non-hydrogen) atoms. The molecule has 0 aromatic heterocycles. The Morgan fingerprint density at radius 3 is 2.71 bits per heavy atom. The van der Waals surface area contributed by atoms with Gasteiger partial charge in [-0.1, -0.05) is 35.0 Å². The number of aryl methyl sites for hydroxylation is 1. The SMILES string of the molecule is CCc1ccc(C(=O)CCBr)cc1O. The Morgan fingerprint density at radius 1 is 1.50 bits per heavy atom.